The van der Waals surface area contributed by atoms with Crippen molar-refractivity contribution in [2.24, 2.45) is 5.41 Å². The van der Waals surface area contributed by atoms with Gasteiger partial charge < -0.3 is 15.4 Å². The lowest BCUT2D eigenvalue weighted by atomic mass is 9.75. The van der Waals surface area contributed by atoms with Crippen molar-refractivity contribution < 1.29 is 18.7 Å². The number of nitrogens with one attached hydrogen (secondary N) is 3. The summed E-state index contributed by atoms with van der Waals surface area (Å²) in [5, 5.41) is 17.4. The van der Waals surface area contributed by atoms with Gasteiger partial charge in [-0.2, -0.15) is 10.2 Å². The van der Waals surface area contributed by atoms with E-state index in [2.05, 4.69) is 30.9 Å². The van der Waals surface area contributed by atoms with Gasteiger partial charge in [0.05, 0.1) is 29.9 Å². The van der Waals surface area contributed by atoms with E-state index in [4.69, 9.17) is 4.74 Å². The Morgan fingerprint density at radius 2 is 1.98 bits per heavy atom. The first-order valence-electron chi connectivity index (χ1n) is 13.7. The van der Waals surface area contributed by atoms with Crippen molar-refractivity contribution in [3.63, 3.8) is 0 Å². The van der Waals surface area contributed by atoms with Gasteiger partial charge in [-0.25, -0.2) is 4.39 Å². The molecule has 1 aliphatic heterocycles. The normalized spacial score (nSPS) is 17.6. The molecule has 4 aromatic rings. The van der Waals surface area contributed by atoms with Crippen LogP contribution in [0.4, 0.5) is 10.1 Å². The van der Waals surface area contributed by atoms with Crippen molar-refractivity contribution in [2.45, 2.75) is 58.5 Å². The standard InChI is InChI=1S/C30H32FN7O3/c1-16(2)38-23(9-12-33-38)28(39)35-27(26-21-13-19(31)5-8-24(21)41-15-30(26)10-11-30)29(40)34-20-6-7-22(32-14-20)25-17(3)36-37-18(25)4/h5-9,12-14,16,26-27H,10-11,15H2,1-4H3,(H,34,40)(H,35,39)(H,36,37)/t26?,27-/m0/s1. The molecule has 4 heterocycles. The zero-order valence-electron chi connectivity index (χ0n) is 23.4. The number of benzene rings is 1. The smallest absolute Gasteiger partial charge is 0.270 e. The van der Waals surface area contributed by atoms with E-state index in [0.29, 0.717) is 29.3 Å². The Morgan fingerprint density at radius 1 is 1.17 bits per heavy atom. The van der Waals surface area contributed by atoms with E-state index in [1.54, 1.807) is 35.3 Å². The lowest BCUT2D eigenvalue weighted by Gasteiger charge is -2.38. The Morgan fingerprint density at radius 3 is 2.63 bits per heavy atom. The predicted molar refractivity (Wildman–Crippen MR) is 150 cm³/mol. The van der Waals surface area contributed by atoms with Crippen LogP contribution in [0.15, 0.2) is 48.8 Å². The molecule has 1 spiro atoms. The summed E-state index contributed by atoms with van der Waals surface area (Å²) in [6, 6.07) is 8.47. The lowest BCUT2D eigenvalue weighted by molar-refractivity contribution is -0.119. The highest BCUT2D eigenvalue weighted by atomic mass is 19.1. The van der Waals surface area contributed by atoms with E-state index < -0.39 is 29.6 Å². The zero-order chi connectivity index (χ0) is 28.9. The van der Waals surface area contributed by atoms with Gasteiger partial charge in [0.15, 0.2) is 0 Å². The summed E-state index contributed by atoms with van der Waals surface area (Å²) in [5.74, 6) is -1.26. The third-order valence-electron chi connectivity index (χ3n) is 8.08. The minimum atomic E-state index is -1.01. The first-order chi connectivity index (χ1) is 19.7. The molecule has 2 amide bonds. The molecular weight excluding hydrogens is 525 g/mol. The Bertz CT molecular complexity index is 1600. The third-order valence-corrected chi connectivity index (χ3v) is 8.08. The van der Waals surface area contributed by atoms with E-state index >= 15 is 0 Å². The van der Waals surface area contributed by atoms with Crippen LogP contribution in [0.2, 0.25) is 0 Å². The maximum atomic E-state index is 14.5. The number of aryl methyl sites for hydroxylation is 2. The highest BCUT2D eigenvalue weighted by Crippen LogP contribution is 2.61. The van der Waals surface area contributed by atoms with Gasteiger partial charge >= 0.3 is 0 Å². The van der Waals surface area contributed by atoms with Gasteiger partial charge in [0.25, 0.3) is 5.91 Å². The molecule has 0 bridgehead atoms. The Labute approximate surface area is 236 Å². The van der Waals surface area contributed by atoms with Gasteiger partial charge in [-0.05, 0) is 76.9 Å². The molecule has 1 aromatic carbocycles. The van der Waals surface area contributed by atoms with Crippen LogP contribution in [0.5, 0.6) is 5.75 Å². The number of carbonyl (C=O) groups is 2. The molecule has 1 unspecified atom stereocenters. The van der Waals surface area contributed by atoms with E-state index in [9.17, 15) is 14.0 Å². The molecule has 0 radical (unpaired) electrons. The van der Waals surface area contributed by atoms with Crippen LogP contribution in [-0.2, 0) is 4.79 Å². The maximum Gasteiger partial charge on any atom is 0.270 e. The van der Waals surface area contributed by atoms with Crippen molar-refractivity contribution in [1.82, 2.24) is 30.3 Å². The van der Waals surface area contributed by atoms with Gasteiger partial charge in [0.2, 0.25) is 5.91 Å². The van der Waals surface area contributed by atoms with Crippen LogP contribution in [0, 0.1) is 25.1 Å². The van der Waals surface area contributed by atoms with Crippen LogP contribution in [0.25, 0.3) is 11.3 Å². The molecule has 3 N–H and O–H groups in total. The number of amides is 2. The van der Waals surface area contributed by atoms with E-state index in [0.717, 1.165) is 35.5 Å². The van der Waals surface area contributed by atoms with Crippen LogP contribution in [0.3, 0.4) is 0 Å². The second-order valence-corrected chi connectivity index (χ2v) is 11.2. The summed E-state index contributed by atoms with van der Waals surface area (Å²) in [4.78, 5) is 32.2. The number of hydrogen-bond acceptors (Lipinski definition) is 6. The number of aromatic amines is 1. The number of halogens is 1. The molecule has 3 aromatic heterocycles. The zero-order valence-corrected chi connectivity index (χ0v) is 23.4. The van der Waals surface area contributed by atoms with Crippen molar-refractivity contribution >= 4 is 17.5 Å². The van der Waals surface area contributed by atoms with Gasteiger partial charge in [-0.3, -0.25) is 24.4 Å². The molecule has 11 heteroatoms. The summed E-state index contributed by atoms with van der Waals surface area (Å²) in [5.41, 5.74) is 4.37. The highest BCUT2D eigenvalue weighted by molar-refractivity contribution is 6.01. The van der Waals surface area contributed by atoms with Crippen LogP contribution in [-0.4, -0.2) is 49.4 Å². The highest BCUT2D eigenvalue weighted by Gasteiger charge is 2.58. The second-order valence-electron chi connectivity index (χ2n) is 11.2. The molecular formula is C30H32FN7O3. The molecule has 1 aliphatic carbocycles. The quantitative estimate of drug-likeness (QED) is 0.302. The van der Waals surface area contributed by atoms with E-state index in [1.807, 2.05) is 33.8 Å². The number of carbonyl (C=O) groups excluding carboxylic acids is 2. The second kappa shape index (κ2) is 10.1. The molecule has 10 nitrogen and oxygen atoms in total. The Balaban J connectivity index is 1.34. The number of H-pyrrole nitrogens is 1. The Kier molecular flexibility index (Phi) is 6.59. The first kappa shape index (κ1) is 26.7. The average molecular weight is 558 g/mol. The molecule has 212 valence electrons. The van der Waals surface area contributed by atoms with Crippen molar-refractivity contribution in [3.05, 3.63) is 77.3 Å². The van der Waals surface area contributed by atoms with E-state index in [-0.39, 0.29) is 11.5 Å². The summed E-state index contributed by atoms with van der Waals surface area (Å²) in [6.45, 7) is 8.06. The number of anilines is 1. The van der Waals surface area contributed by atoms with Crippen LogP contribution >= 0.6 is 0 Å². The first-order valence-corrected chi connectivity index (χ1v) is 13.7. The minimum Gasteiger partial charge on any atom is -0.493 e. The fraction of sp³-hybridized carbons (Fsp3) is 0.367. The van der Waals surface area contributed by atoms with Gasteiger partial charge in [-0.1, -0.05) is 0 Å². The van der Waals surface area contributed by atoms with Crippen LogP contribution < -0.4 is 15.4 Å². The van der Waals surface area contributed by atoms with E-state index in [1.165, 1.54) is 12.1 Å². The Hall–Kier alpha value is -4.54. The number of hydrogen-bond donors (Lipinski definition) is 3. The maximum absolute atomic E-state index is 14.5. The summed E-state index contributed by atoms with van der Waals surface area (Å²) in [6.07, 6.45) is 4.74. The monoisotopic (exact) mass is 557 g/mol. The minimum absolute atomic E-state index is 0.0576. The number of fused-ring (bicyclic) bond motifs is 1. The fourth-order valence-corrected chi connectivity index (χ4v) is 5.87. The summed E-state index contributed by atoms with van der Waals surface area (Å²) >= 11 is 0. The molecule has 41 heavy (non-hydrogen) atoms. The molecule has 0 saturated heterocycles. The molecule has 6 rings (SSSR count). The fourth-order valence-electron chi connectivity index (χ4n) is 5.87. The molecule has 1 fully saturated rings. The number of ether oxygens (including phenoxy) is 1. The number of pyridine rings is 1. The number of rotatable bonds is 7. The largest absolute Gasteiger partial charge is 0.493 e. The van der Waals surface area contributed by atoms with Crippen molar-refractivity contribution in [1.29, 1.82) is 0 Å². The summed E-state index contributed by atoms with van der Waals surface area (Å²) < 4.78 is 22.1. The number of nitrogens with zero attached hydrogens (tertiary/aromatic N) is 4. The van der Waals surface area contributed by atoms with Crippen LogP contribution in [0.1, 0.15) is 66.1 Å². The average Bonchev–Trinajstić information content (AvgIpc) is 3.36. The van der Waals surface area contributed by atoms with Gasteiger partial charge in [0, 0.05) is 40.4 Å². The molecule has 2 atom stereocenters. The van der Waals surface area contributed by atoms with Gasteiger partial charge in [-0.15, -0.1) is 0 Å². The third kappa shape index (κ3) is 4.85. The topological polar surface area (TPSA) is 127 Å². The summed E-state index contributed by atoms with van der Waals surface area (Å²) in [7, 11) is 0. The van der Waals surface area contributed by atoms with Crippen molar-refractivity contribution in [3.8, 4) is 17.0 Å². The molecule has 1 saturated carbocycles. The van der Waals surface area contributed by atoms with Crippen molar-refractivity contribution in [2.75, 3.05) is 11.9 Å². The van der Waals surface area contributed by atoms with Gasteiger partial charge in [0.1, 0.15) is 23.3 Å². The lowest BCUT2D eigenvalue weighted by Crippen LogP contribution is -2.52. The predicted octanol–water partition coefficient (Wildman–Crippen LogP) is 4.70. The number of aromatic nitrogens is 5. The SMILES string of the molecule is Cc1n[nH]c(C)c1-c1ccc(NC(=O)[C@@H](NC(=O)c2ccnn2C(C)C)C2c3cc(F)ccc3OCC23CC3)cn1. The molecule has 2 aliphatic rings.